The van der Waals surface area contributed by atoms with E-state index in [0.717, 1.165) is 48.4 Å². The second-order valence-corrected chi connectivity index (χ2v) is 7.27. The molecule has 138 valence electrons. The van der Waals surface area contributed by atoms with Gasteiger partial charge in [-0.25, -0.2) is 4.98 Å². The normalized spacial score (nSPS) is 15.1. The fraction of sp³-hybridized carbons (Fsp3) is 0.318. The van der Waals surface area contributed by atoms with Gasteiger partial charge in [0.05, 0.1) is 6.10 Å². The lowest BCUT2D eigenvalue weighted by Gasteiger charge is -2.29. The molecule has 5 nitrogen and oxygen atoms in total. The highest BCUT2D eigenvalue weighted by atomic mass is 16.3. The van der Waals surface area contributed by atoms with Crippen molar-refractivity contribution in [2.24, 2.45) is 0 Å². The standard InChI is InChI=1S/C22H24N4O/c1-15-5-3-7-17(13-15)20-21(18-8-4-6-16(2)14-18)24-25-22(23-20)26-11-9-19(27)10-12-26/h3-8,13-14,19,27H,9-12H2,1-2H3. The minimum Gasteiger partial charge on any atom is -0.393 e. The van der Waals surface area contributed by atoms with Crippen LogP contribution in [0.2, 0.25) is 0 Å². The molecule has 2 heterocycles. The number of rotatable bonds is 3. The van der Waals surface area contributed by atoms with E-state index in [0.29, 0.717) is 5.95 Å². The van der Waals surface area contributed by atoms with Gasteiger partial charge in [-0.3, -0.25) is 0 Å². The molecule has 4 rings (SSSR count). The minimum atomic E-state index is -0.225. The molecule has 1 N–H and O–H groups in total. The van der Waals surface area contributed by atoms with Crippen molar-refractivity contribution in [2.75, 3.05) is 18.0 Å². The Morgan fingerprint density at radius 2 is 1.44 bits per heavy atom. The molecule has 0 radical (unpaired) electrons. The van der Waals surface area contributed by atoms with Crippen molar-refractivity contribution in [1.29, 1.82) is 0 Å². The third-order valence-corrected chi connectivity index (χ3v) is 5.01. The summed E-state index contributed by atoms with van der Waals surface area (Å²) in [5, 5.41) is 18.8. The zero-order valence-corrected chi connectivity index (χ0v) is 15.8. The maximum Gasteiger partial charge on any atom is 0.245 e. The van der Waals surface area contributed by atoms with E-state index in [1.165, 1.54) is 11.1 Å². The summed E-state index contributed by atoms with van der Waals surface area (Å²) in [5.41, 5.74) is 6.07. The molecule has 0 atom stereocenters. The van der Waals surface area contributed by atoms with E-state index in [1.54, 1.807) is 0 Å². The van der Waals surface area contributed by atoms with Crippen molar-refractivity contribution < 1.29 is 5.11 Å². The molecule has 0 saturated carbocycles. The van der Waals surface area contributed by atoms with Crippen molar-refractivity contribution in [3.63, 3.8) is 0 Å². The lowest BCUT2D eigenvalue weighted by atomic mass is 10.0. The van der Waals surface area contributed by atoms with Gasteiger partial charge in [-0.15, -0.1) is 10.2 Å². The average Bonchev–Trinajstić information content (AvgIpc) is 2.68. The predicted octanol–water partition coefficient (Wildman–Crippen LogP) is 3.78. The van der Waals surface area contributed by atoms with E-state index in [2.05, 4.69) is 65.3 Å². The molecular weight excluding hydrogens is 336 g/mol. The Bertz CT molecular complexity index is 949. The number of aromatic nitrogens is 3. The maximum absolute atomic E-state index is 9.77. The fourth-order valence-electron chi connectivity index (χ4n) is 3.50. The van der Waals surface area contributed by atoms with Gasteiger partial charge in [-0.1, -0.05) is 47.5 Å². The first-order valence-corrected chi connectivity index (χ1v) is 9.42. The number of aliphatic hydroxyl groups is 1. The molecule has 0 aliphatic carbocycles. The summed E-state index contributed by atoms with van der Waals surface area (Å²) in [6.45, 7) is 5.65. The Morgan fingerprint density at radius 1 is 0.852 bits per heavy atom. The Kier molecular flexibility index (Phi) is 4.86. The van der Waals surface area contributed by atoms with Crippen molar-refractivity contribution in [2.45, 2.75) is 32.8 Å². The van der Waals surface area contributed by atoms with E-state index >= 15 is 0 Å². The van der Waals surface area contributed by atoms with Gasteiger partial charge < -0.3 is 10.0 Å². The Labute approximate surface area is 159 Å². The zero-order chi connectivity index (χ0) is 18.8. The highest BCUT2D eigenvalue weighted by molar-refractivity contribution is 5.78. The summed E-state index contributed by atoms with van der Waals surface area (Å²) in [6, 6.07) is 16.6. The van der Waals surface area contributed by atoms with E-state index in [1.807, 2.05) is 12.1 Å². The van der Waals surface area contributed by atoms with E-state index in [-0.39, 0.29) is 6.10 Å². The number of aliphatic hydroxyl groups excluding tert-OH is 1. The lowest BCUT2D eigenvalue weighted by Crippen LogP contribution is -2.37. The smallest absolute Gasteiger partial charge is 0.245 e. The summed E-state index contributed by atoms with van der Waals surface area (Å²) in [6.07, 6.45) is 1.25. The van der Waals surface area contributed by atoms with Crippen LogP contribution in [0.1, 0.15) is 24.0 Å². The molecular formula is C22H24N4O. The average molecular weight is 360 g/mol. The SMILES string of the molecule is Cc1cccc(-c2nnc(N3CCC(O)CC3)nc2-c2cccc(C)c2)c1. The van der Waals surface area contributed by atoms with Crippen LogP contribution in [0.3, 0.4) is 0 Å². The molecule has 1 aliphatic heterocycles. The van der Waals surface area contributed by atoms with Gasteiger partial charge >= 0.3 is 0 Å². The van der Waals surface area contributed by atoms with Crippen molar-refractivity contribution >= 4 is 5.95 Å². The van der Waals surface area contributed by atoms with Gasteiger partial charge in [0.25, 0.3) is 0 Å². The van der Waals surface area contributed by atoms with E-state index in [9.17, 15) is 5.11 Å². The van der Waals surface area contributed by atoms with Crippen LogP contribution >= 0.6 is 0 Å². The summed E-state index contributed by atoms with van der Waals surface area (Å²) in [5.74, 6) is 0.634. The first-order valence-electron chi connectivity index (χ1n) is 9.42. The molecule has 1 fully saturated rings. The molecule has 27 heavy (non-hydrogen) atoms. The number of piperidine rings is 1. The summed E-state index contributed by atoms with van der Waals surface area (Å²) in [7, 11) is 0. The van der Waals surface area contributed by atoms with Crippen molar-refractivity contribution in [3.8, 4) is 22.5 Å². The van der Waals surface area contributed by atoms with Gasteiger partial charge in [0.1, 0.15) is 11.4 Å². The Balaban J connectivity index is 1.81. The van der Waals surface area contributed by atoms with Gasteiger partial charge in [-0.05, 0) is 38.8 Å². The van der Waals surface area contributed by atoms with Gasteiger partial charge in [0.2, 0.25) is 5.95 Å². The maximum atomic E-state index is 9.77. The minimum absolute atomic E-state index is 0.225. The number of nitrogens with zero attached hydrogens (tertiary/aromatic N) is 4. The Hall–Kier alpha value is -2.79. The summed E-state index contributed by atoms with van der Waals surface area (Å²) in [4.78, 5) is 7.02. The van der Waals surface area contributed by atoms with Crippen LogP contribution in [0.25, 0.3) is 22.5 Å². The molecule has 3 aromatic rings. The molecule has 5 heteroatoms. The topological polar surface area (TPSA) is 62.1 Å². The second kappa shape index (κ2) is 7.45. The highest BCUT2D eigenvalue weighted by Crippen LogP contribution is 2.31. The van der Waals surface area contributed by atoms with Crippen LogP contribution in [0.15, 0.2) is 48.5 Å². The highest BCUT2D eigenvalue weighted by Gasteiger charge is 2.22. The van der Waals surface area contributed by atoms with Crippen molar-refractivity contribution in [3.05, 3.63) is 59.7 Å². The number of benzene rings is 2. The quantitative estimate of drug-likeness (QED) is 0.770. The van der Waals surface area contributed by atoms with Gasteiger partial charge in [0.15, 0.2) is 0 Å². The van der Waals surface area contributed by atoms with Crippen LogP contribution < -0.4 is 4.90 Å². The van der Waals surface area contributed by atoms with E-state index < -0.39 is 0 Å². The monoisotopic (exact) mass is 360 g/mol. The van der Waals surface area contributed by atoms with Crippen molar-refractivity contribution in [1.82, 2.24) is 15.2 Å². The molecule has 1 aromatic heterocycles. The molecule has 1 aliphatic rings. The van der Waals surface area contributed by atoms with Crippen LogP contribution in [0.5, 0.6) is 0 Å². The van der Waals surface area contributed by atoms with Crippen LogP contribution in [-0.4, -0.2) is 39.5 Å². The lowest BCUT2D eigenvalue weighted by molar-refractivity contribution is 0.145. The van der Waals surface area contributed by atoms with Gasteiger partial charge in [-0.2, -0.15) is 0 Å². The molecule has 0 amide bonds. The van der Waals surface area contributed by atoms with Crippen LogP contribution in [-0.2, 0) is 0 Å². The number of hydrogen-bond acceptors (Lipinski definition) is 5. The number of anilines is 1. The van der Waals surface area contributed by atoms with E-state index in [4.69, 9.17) is 4.98 Å². The largest absolute Gasteiger partial charge is 0.393 e. The fourth-order valence-corrected chi connectivity index (χ4v) is 3.50. The predicted molar refractivity (Wildman–Crippen MR) is 108 cm³/mol. The van der Waals surface area contributed by atoms with Crippen LogP contribution in [0, 0.1) is 13.8 Å². The van der Waals surface area contributed by atoms with Crippen LogP contribution in [0.4, 0.5) is 5.95 Å². The third-order valence-electron chi connectivity index (χ3n) is 5.01. The molecule has 1 saturated heterocycles. The Morgan fingerprint density at radius 3 is 2.04 bits per heavy atom. The molecule has 0 spiro atoms. The van der Waals surface area contributed by atoms with Gasteiger partial charge in [0, 0.05) is 24.2 Å². The zero-order valence-electron chi connectivity index (χ0n) is 15.8. The second-order valence-electron chi connectivity index (χ2n) is 7.27. The molecule has 0 bridgehead atoms. The number of hydrogen-bond donors (Lipinski definition) is 1. The first kappa shape index (κ1) is 17.6. The summed E-state index contributed by atoms with van der Waals surface area (Å²) < 4.78 is 0. The first-order chi connectivity index (χ1) is 13.1. The number of aryl methyl sites for hydroxylation is 2. The third kappa shape index (κ3) is 3.83. The molecule has 2 aromatic carbocycles. The molecule has 0 unspecified atom stereocenters. The summed E-state index contributed by atoms with van der Waals surface area (Å²) >= 11 is 0.